The highest BCUT2D eigenvalue weighted by Gasteiger charge is 2.10. The fourth-order valence-corrected chi connectivity index (χ4v) is 3.23. The molecule has 4 heteroatoms. The third kappa shape index (κ3) is 5.07. The lowest BCUT2D eigenvalue weighted by Gasteiger charge is -2.28. The Kier molecular flexibility index (Phi) is 6.07. The standard InChI is InChI=1S/C21H27N3O/c1-17-7-3-4-8-18(17)15-22-16-21(25)23-19-9-11-20(12-10-19)24-13-5-2-6-14-24/h3-4,7-12,22H,2,5-6,13-16H2,1H3,(H,23,25). The third-order valence-electron chi connectivity index (χ3n) is 4.73. The van der Waals surface area contributed by atoms with Crippen molar-refractivity contribution in [1.82, 2.24) is 5.32 Å². The smallest absolute Gasteiger partial charge is 0.238 e. The molecule has 1 heterocycles. The van der Waals surface area contributed by atoms with Crippen LogP contribution in [0.25, 0.3) is 0 Å². The summed E-state index contributed by atoms with van der Waals surface area (Å²) in [5.41, 5.74) is 4.56. The fourth-order valence-electron chi connectivity index (χ4n) is 3.23. The van der Waals surface area contributed by atoms with Gasteiger partial charge in [0.1, 0.15) is 0 Å². The molecule has 1 aliphatic rings. The van der Waals surface area contributed by atoms with Crippen molar-refractivity contribution in [2.24, 2.45) is 0 Å². The zero-order valence-corrected chi connectivity index (χ0v) is 14.9. The van der Waals surface area contributed by atoms with Crippen molar-refractivity contribution in [3.05, 3.63) is 59.7 Å². The molecule has 25 heavy (non-hydrogen) atoms. The van der Waals surface area contributed by atoms with Crippen molar-refractivity contribution < 1.29 is 4.79 Å². The second-order valence-corrected chi connectivity index (χ2v) is 6.67. The van der Waals surface area contributed by atoms with Gasteiger partial charge in [0.2, 0.25) is 5.91 Å². The number of aryl methyl sites for hydroxylation is 1. The lowest BCUT2D eigenvalue weighted by Crippen LogP contribution is -2.29. The molecule has 1 aliphatic heterocycles. The van der Waals surface area contributed by atoms with E-state index >= 15 is 0 Å². The van der Waals surface area contributed by atoms with Crippen LogP contribution in [0.4, 0.5) is 11.4 Å². The molecule has 1 amide bonds. The van der Waals surface area contributed by atoms with Crippen LogP contribution in [0.15, 0.2) is 48.5 Å². The van der Waals surface area contributed by atoms with Crippen LogP contribution in [0.1, 0.15) is 30.4 Å². The first-order chi connectivity index (χ1) is 12.2. The number of anilines is 2. The monoisotopic (exact) mass is 337 g/mol. The first-order valence-corrected chi connectivity index (χ1v) is 9.12. The van der Waals surface area contributed by atoms with Gasteiger partial charge in [0, 0.05) is 31.0 Å². The van der Waals surface area contributed by atoms with E-state index in [9.17, 15) is 4.79 Å². The Morgan fingerprint density at radius 3 is 2.44 bits per heavy atom. The molecule has 0 aliphatic carbocycles. The van der Waals surface area contributed by atoms with Gasteiger partial charge in [-0.15, -0.1) is 0 Å². The molecular weight excluding hydrogens is 310 g/mol. The number of nitrogens with one attached hydrogen (secondary N) is 2. The first kappa shape index (κ1) is 17.5. The van der Waals surface area contributed by atoms with Crippen molar-refractivity contribution in [1.29, 1.82) is 0 Å². The molecule has 0 radical (unpaired) electrons. The van der Waals surface area contributed by atoms with Crippen molar-refractivity contribution in [3.63, 3.8) is 0 Å². The van der Waals surface area contributed by atoms with Gasteiger partial charge in [-0.2, -0.15) is 0 Å². The summed E-state index contributed by atoms with van der Waals surface area (Å²) in [7, 11) is 0. The van der Waals surface area contributed by atoms with Crippen LogP contribution in [0.3, 0.4) is 0 Å². The van der Waals surface area contributed by atoms with Crippen LogP contribution in [-0.2, 0) is 11.3 Å². The zero-order chi connectivity index (χ0) is 17.5. The minimum atomic E-state index is -0.0145. The molecule has 3 rings (SSSR count). The summed E-state index contributed by atoms with van der Waals surface area (Å²) < 4.78 is 0. The van der Waals surface area contributed by atoms with Crippen LogP contribution in [-0.4, -0.2) is 25.5 Å². The fraction of sp³-hybridized carbons (Fsp3) is 0.381. The van der Waals surface area contributed by atoms with Crippen LogP contribution in [0.2, 0.25) is 0 Å². The van der Waals surface area contributed by atoms with Crippen molar-refractivity contribution in [2.45, 2.75) is 32.7 Å². The summed E-state index contributed by atoms with van der Waals surface area (Å²) in [5, 5.41) is 6.16. The molecule has 2 aromatic carbocycles. The van der Waals surface area contributed by atoms with Crippen LogP contribution < -0.4 is 15.5 Å². The second kappa shape index (κ2) is 8.67. The Bertz CT molecular complexity index is 691. The molecule has 0 atom stereocenters. The quantitative estimate of drug-likeness (QED) is 0.844. The number of amides is 1. The highest BCUT2D eigenvalue weighted by atomic mass is 16.1. The maximum atomic E-state index is 12.1. The van der Waals surface area contributed by atoms with Gasteiger partial charge >= 0.3 is 0 Å². The van der Waals surface area contributed by atoms with E-state index in [4.69, 9.17) is 0 Å². The molecule has 0 unspecified atom stereocenters. The third-order valence-corrected chi connectivity index (χ3v) is 4.73. The van der Waals surface area contributed by atoms with E-state index in [0.29, 0.717) is 13.1 Å². The first-order valence-electron chi connectivity index (χ1n) is 9.12. The van der Waals surface area contributed by atoms with Crippen molar-refractivity contribution >= 4 is 17.3 Å². The Labute approximate surface area is 150 Å². The van der Waals surface area contributed by atoms with E-state index in [0.717, 1.165) is 18.8 Å². The van der Waals surface area contributed by atoms with Gasteiger partial charge in [0.25, 0.3) is 0 Å². The van der Waals surface area contributed by atoms with E-state index in [1.165, 1.54) is 36.1 Å². The number of benzene rings is 2. The predicted octanol–water partition coefficient (Wildman–Crippen LogP) is 3.71. The topological polar surface area (TPSA) is 44.4 Å². The molecule has 2 N–H and O–H groups in total. The van der Waals surface area contributed by atoms with Crippen LogP contribution in [0, 0.1) is 6.92 Å². The van der Waals surface area contributed by atoms with Crippen LogP contribution in [0.5, 0.6) is 0 Å². The maximum Gasteiger partial charge on any atom is 0.238 e. The van der Waals surface area contributed by atoms with Crippen molar-refractivity contribution in [3.8, 4) is 0 Å². The molecule has 1 saturated heterocycles. The van der Waals surface area contributed by atoms with E-state index in [1.807, 2.05) is 24.3 Å². The number of hydrogen-bond donors (Lipinski definition) is 2. The number of nitrogens with zero attached hydrogens (tertiary/aromatic N) is 1. The van der Waals surface area contributed by atoms with Gasteiger partial charge in [-0.05, 0) is 61.6 Å². The predicted molar refractivity (Wildman–Crippen MR) is 104 cm³/mol. The lowest BCUT2D eigenvalue weighted by atomic mass is 10.1. The molecule has 2 aromatic rings. The lowest BCUT2D eigenvalue weighted by molar-refractivity contribution is -0.115. The summed E-state index contributed by atoms with van der Waals surface area (Å²) in [6.45, 7) is 5.36. The highest BCUT2D eigenvalue weighted by Crippen LogP contribution is 2.21. The second-order valence-electron chi connectivity index (χ2n) is 6.67. The number of carbonyl (C=O) groups excluding carboxylic acids is 1. The minimum Gasteiger partial charge on any atom is -0.372 e. The van der Waals surface area contributed by atoms with E-state index in [2.05, 4.69) is 46.7 Å². The molecule has 0 saturated carbocycles. The number of carbonyl (C=O) groups is 1. The van der Waals surface area contributed by atoms with Gasteiger partial charge in [-0.1, -0.05) is 24.3 Å². The Morgan fingerprint density at radius 2 is 1.72 bits per heavy atom. The Hall–Kier alpha value is -2.33. The van der Waals surface area contributed by atoms with E-state index in [1.54, 1.807) is 0 Å². The zero-order valence-electron chi connectivity index (χ0n) is 14.9. The number of hydrogen-bond acceptors (Lipinski definition) is 3. The average Bonchev–Trinajstić information content (AvgIpc) is 2.65. The summed E-state index contributed by atoms with van der Waals surface area (Å²) in [4.78, 5) is 14.5. The van der Waals surface area contributed by atoms with Crippen LogP contribution >= 0.6 is 0 Å². The Balaban J connectivity index is 1.45. The normalized spacial score (nSPS) is 14.4. The highest BCUT2D eigenvalue weighted by molar-refractivity contribution is 5.92. The van der Waals surface area contributed by atoms with Gasteiger partial charge < -0.3 is 15.5 Å². The van der Waals surface area contributed by atoms with E-state index in [-0.39, 0.29) is 5.91 Å². The van der Waals surface area contributed by atoms with Gasteiger partial charge in [0.05, 0.1) is 6.54 Å². The summed E-state index contributed by atoms with van der Waals surface area (Å²) in [6, 6.07) is 16.4. The minimum absolute atomic E-state index is 0.0145. The van der Waals surface area contributed by atoms with Gasteiger partial charge in [-0.25, -0.2) is 0 Å². The molecule has 1 fully saturated rings. The largest absolute Gasteiger partial charge is 0.372 e. The molecule has 4 nitrogen and oxygen atoms in total. The van der Waals surface area contributed by atoms with Gasteiger partial charge in [-0.3, -0.25) is 4.79 Å². The molecule has 0 spiro atoms. The molecule has 0 aromatic heterocycles. The Morgan fingerprint density at radius 1 is 1.00 bits per heavy atom. The van der Waals surface area contributed by atoms with E-state index < -0.39 is 0 Å². The maximum absolute atomic E-state index is 12.1. The molecule has 0 bridgehead atoms. The summed E-state index contributed by atoms with van der Waals surface area (Å²) in [5.74, 6) is -0.0145. The molecule has 132 valence electrons. The number of piperidine rings is 1. The average molecular weight is 337 g/mol. The van der Waals surface area contributed by atoms with Gasteiger partial charge in [0.15, 0.2) is 0 Å². The number of rotatable bonds is 6. The molecular formula is C21H27N3O. The summed E-state index contributed by atoms with van der Waals surface area (Å²) >= 11 is 0. The summed E-state index contributed by atoms with van der Waals surface area (Å²) in [6.07, 6.45) is 3.87. The van der Waals surface area contributed by atoms with Crippen molar-refractivity contribution in [2.75, 3.05) is 29.9 Å². The SMILES string of the molecule is Cc1ccccc1CNCC(=O)Nc1ccc(N2CCCCC2)cc1.